The highest BCUT2D eigenvalue weighted by molar-refractivity contribution is 7.90. The number of carbonyl (C=O) groups excluding carboxylic acids is 1. The topological polar surface area (TPSA) is 101 Å². The zero-order valence-electron chi connectivity index (χ0n) is 21.0. The number of nitrogens with one attached hydrogen (secondary N) is 1. The maximum absolute atomic E-state index is 13.9. The summed E-state index contributed by atoms with van der Waals surface area (Å²) in [6.07, 6.45) is 10.5. The van der Waals surface area contributed by atoms with E-state index in [0.717, 1.165) is 56.2 Å². The lowest BCUT2D eigenvalue weighted by Crippen LogP contribution is -2.67. The van der Waals surface area contributed by atoms with E-state index in [1.165, 1.54) is 25.2 Å². The first kappa shape index (κ1) is 23.9. The molecule has 8 rings (SSSR count). The molecule has 0 unspecified atom stereocenters. The molecule has 0 saturated heterocycles. The predicted molar refractivity (Wildman–Crippen MR) is 140 cm³/mol. The van der Waals surface area contributed by atoms with E-state index in [9.17, 15) is 21.6 Å². The van der Waals surface area contributed by atoms with Gasteiger partial charge < -0.3 is 4.90 Å². The van der Waals surface area contributed by atoms with Gasteiger partial charge in [-0.15, -0.1) is 0 Å². The second-order valence-corrected chi connectivity index (χ2v) is 16.2. The van der Waals surface area contributed by atoms with Crippen molar-refractivity contribution < 1.29 is 21.6 Å². The number of nitrogens with zero attached hydrogens (tertiary/aromatic N) is 1. The highest BCUT2D eigenvalue weighted by Crippen LogP contribution is 2.62. The molecule has 0 atom stereocenters. The largest absolute Gasteiger partial charge is 0.307 e. The molecule has 37 heavy (non-hydrogen) atoms. The second-order valence-electron chi connectivity index (χ2n) is 12.5. The molecule has 5 saturated carbocycles. The molecule has 0 radical (unpaired) electrons. The molecule has 5 fully saturated rings. The third-order valence-electron chi connectivity index (χ3n) is 9.97. The molecule has 2 bridgehead atoms. The fourth-order valence-corrected chi connectivity index (χ4v) is 9.45. The third-order valence-corrected chi connectivity index (χ3v) is 12.7. The Bertz CT molecular complexity index is 1530. The lowest BCUT2D eigenvalue weighted by Gasteiger charge is -2.61. The van der Waals surface area contributed by atoms with Gasteiger partial charge in [-0.25, -0.2) is 21.6 Å². The number of amides is 1. The highest BCUT2D eigenvalue weighted by atomic mass is 32.2. The summed E-state index contributed by atoms with van der Waals surface area (Å²) in [5.74, 6) is 0.399. The number of hydrogen-bond acceptors (Lipinski definition) is 5. The fraction of sp³-hybridized carbons (Fsp3) is 0.536. The molecule has 0 aromatic heterocycles. The Morgan fingerprint density at radius 3 is 2.16 bits per heavy atom. The lowest BCUT2D eigenvalue weighted by molar-refractivity contribution is -0.0317. The molecule has 1 amide bonds. The van der Waals surface area contributed by atoms with Crippen LogP contribution in [0.3, 0.4) is 0 Å². The smallest absolute Gasteiger partial charge is 0.258 e. The van der Waals surface area contributed by atoms with Gasteiger partial charge in [-0.05, 0) is 111 Å². The van der Waals surface area contributed by atoms with Gasteiger partial charge in [0.05, 0.1) is 9.79 Å². The van der Waals surface area contributed by atoms with Crippen LogP contribution in [-0.4, -0.2) is 41.1 Å². The summed E-state index contributed by atoms with van der Waals surface area (Å²) < 4.78 is 53.8. The van der Waals surface area contributed by atoms with Crippen molar-refractivity contribution in [3.63, 3.8) is 0 Å². The fourth-order valence-electron chi connectivity index (χ4n) is 7.32. The monoisotopic (exact) mass is 540 g/mol. The molecule has 2 spiro atoms. The molecular weight excluding hydrogens is 508 g/mol. The Labute approximate surface area is 218 Å². The van der Waals surface area contributed by atoms with Crippen molar-refractivity contribution in [3.05, 3.63) is 53.6 Å². The van der Waals surface area contributed by atoms with Gasteiger partial charge in [-0.2, -0.15) is 0 Å². The van der Waals surface area contributed by atoms with Crippen LogP contribution in [-0.2, 0) is 25.3 Å². The van der Waals surface area contributed by atoms with Gasteiger partial charge in [0.25, 0.3) is 5.91 Å². The van der Waals surface area contributed by atoms with Gasteiger partial charge in [0.2, 0.25) is 10.0 Å². The Kier molecular flexibility index (Phi) is 4.80. The molecule has 6 aliphatic rings. The van der Waals surface area contributed by atoms with E-state index in [0.29, 0.717) is 23.4 Å². The van der Waals surface area contributed by atoms with Crippen LogP contribution in [0.4, 0.5) is 5.69 Å². The van der Waals surface area contributed by atoms with Crippen molar-refractivity contribution in [3.8, 4) is 0 Å². The minimum absolute atomic E-state index is 0.109. The number of benzene rings is 2. The summed E-state index contributed by atoms with van der Waals surface area (Å²) >= 11 is 0. The number of hydrogen-bond donors (Lipinski definition) is 1. The Morgan fingerprint density at radius 1 is 0.892 bits per heavy atom. The van der Waals surface area contributed by atoms with Crippen molar-refractivity contribution >= 4 is 31.5 Å². The maximum atomic E-state index is 13.9. The Balaban J connectivity index is 1.22. The van der Waals surface area contributed by atoms with E-state index in [-0.39, 0.29) is 26.7 Å². The summed E-state index contributed by atoms with van der Waals surface area (Å²) in [5, 5.41) is 0. The van der Waals surface area contributed by atoms with E-state index in [1.54, 1.807) is 41.3 Å². The summed E-state index contributed by atoms with van der Waals surface area (Å²) in [6, 6.07) is 11.4. The van der Waals surface area contributed by atoms with Gasteiger partial charge >= 0.3 is 0 Å². The Morgan fingerprint density at radius 2 is 1.57 bits per heavy atom. The average molecular weight is 541 g/mol. The molecule has 7 nitrogen and oxygen atoms in total. The van der Waals surface area contributed by atoms with Gasteiger partial charge in [0.1, 0.15) is 0 Å². The van der Waals surface area contributed by atoms with Crippen molar-refractivity contribution in [2.24, 2.45) is 11.3 Å². The van der Waals surface area contributed by atoms with Crippen LogP contribution >= 0.6 is 0 Å². The van der Waals surface area contributed by atoms with Crippen LogP contribution in [0.15, 0.2) is 52.3 Å². The molecule has 2 aromatic carbocycles. The minimum Gasteiger partial charge on any atom is -0.307 e. The molecule has 5 aliphatic carbocycles. The summed E-state index contributed by atoms with van der Waals surface area (Å²) in [7, 11) is -7.11. The number of sulfonamides is 1. The summed E-state index contributed by atoms with van der Waals surface area (Å²) in [5.41, 5.74) is 1.89. The quantitative estimate of drug-likeness (QED) is 0.614. The molecule has 1 aliphatic heterocycles. The summed E-state index contributed by atoms with van der Waals surface area (Å²) in [6.45, 7) is 0.490. The van der Waals surface area contributed by atoms with Gasteiger partial charge in [0, 0.05) is 35.0 Å². The number of rotatable bonds is 5. The average Bonchev–Trinajstić information content (AvgIpc) is 3.51. The van der Waals surface area contributed by atoms with Crippen molar-refractivity contribution in [2.45, 2.75) is 78.5 Å². The van der Waals surface area contributed by atoms with Crippen molar-refractivity contribution in [2.75, 3.05) is 17.7 Å². The van der Waals surface area contributed by atoms with Gasteiger partial charge in [-0.1, -0.05) is 6.07 Å². The SMILES string of the molecule is CS(=O)(=O)c1ccc2c(c1)C1(CCC3(CC3)CC1)CN2C(=O)c1cccc(S(=O)(=O)NC23CC(C2)C3)c1. The molecule has 1 N–H and O–H groups in total. The van der Waals surface area contributed by atoms with Gasteiger partial charge in [-0.3, -0.25) is 4.79 Å². The first-order valence-corrected chi connectivity index (χ1v) is 16.6. The number of anilines is 1. The van der Waals surface area contributed by atoms with Crippen LogP contribution < -0.4 is 9.62 Å². The van der Waals surface area contributed by atoms with Crippen LogP contribution in [0.25, 0.3) is 0 Å². The van der Waals surface area contributed by atoms with Crippen molar-refractivity contribution in [1.82, 2.24) is 4.72 Å². The zero-order chi connectivity index (χ0) is 25.8. The van der Waals surface area contributed by atoms with E-state index in [4.69, 9.17) is 0 Å². The van der Waals surface area contributed by atoms with E-state index < -0.39 is 19.9 Å². The number of sulfone groups is 1. The van der Waals surface area contributed by atoms with Crippen LogP contribution in [0.5, 0.6) is 0 Å². The van der Waals surface area contributed by atoms with E-state index in [2.05, 4.69) is 4.72 Å². The Hall–Kier alpha value is -2.23. The van der Waals surface area contributed by atoms with Crippen molar-refractivity contribution in [1.29, 1.82) is 0 Å². The van der Waals surface area contributed by atoms with Crippen LogP contribution in [0.2, 0.25) is 0 Å². The molecule has 2 aromatic rings. The van der Waals surface area contributed by atoms with Crippen LogP contribution in [0.1, 0.15) is 73.7 Å². The molecule has 196 valence electrons. The number of carbonyl (C=O) groups is 1. The van der Waals surface area contributed by atoms with E-state index in [1.807, 2.05) is 0 Å². The molecular formula is C28H32N2O5S2. The van der Waals surface area contributed by atoms with E-state index >= 15 is 0 Å². The first-order chi connectivity index (χ1) is 17.4. The predicted octanol–water partition coefficient (Wildman–Crippen LogP) is 4.17. The normalized spacial score (nSPS) is 28.5. The highest BCUT2D eigenvalue weighted by Gasteiger charge is 2.58. The standard InChI is InChI=1S/C28H32N2O5S2/c1-36(32,33)21-5-6-24-23(14-21)27(11-9-26(7-8-26)10-12-27)18-30(24)25(31)20-3-2-4-22(13-20)37(34,35)29-28-15-19(16-28)17-28/h2-6,13-14,19,29H,7-12,15-18H2,1H3. The lowest BCUT2D eigenvalue weighted by atomic mass is 9.50. The molecule has 1 heterocycles. The third kappa shape index (κ3) is 3.72. The number of fused-ring (bicyclic) bond motifs is 2. The van der Waals surface area contributed by atoms with Crippen LogP contribution in [0, 0.1) is 11.3 Å². The maximum Gasteiger partial charge on any atom is 0.258 e. The minimum atomic E-state index is -3.72. The molecule has 9 heteroatoms. The second kappa shape index (κ2) is 7.45. The summed E-state index contributed by atoms with van der Waals surface area (Å²) in [4.78, 5) is 16.0. The van der Waals surface area contributed by atoms with Gasteiger partial charge in [0.15, 0.2) is 9.84 Å². The first-order valence-electron chi connectivity index (χ1n) is 13.2. The zero-order valence-corrected chi connectivity index (χ0v) is 22.6.